The molecule has 106 valence electrons. The number of fused-ring (bicyclic) bond motifs is 2. The third-order valence-corrected chi connectivity index (χ3v) is 5.86. The molecule has 4 atom stereocenters. The van der Waals surface area contributed by atoms with Gasteiger partial charge in [0.25, 0.3) is 0 Å². The minimum Gasteiger partial charge on any atom is -0.377 e. The molecule has 3 nitrogen and oxygen atoms in total. The summed E-state index contributed by atoms with van der Waals surface area (Å²) >= 11 is 0. The predicted molar refractivity (Wildman–Crippen MR) is 75.0 cm³/mol. The van der Waals surface area contributed by atoms with Gasteiger partial charge in [0.15, 0.2) is 0 Å². The molecule has 0 heterocycles. The number of hydrogen-bond acceptors (Lipinski definition) is 3. The van der Waals surface area contributed by atoms with E-state index in [0.29, 0.717) is 6.04 Å². The van der Waals surface area contributed by atoms with Gasteiger partial charge in [-0.1, -0.05) is 20.3 Å². The molecule has 2 rings (SSSR count). The Morgan fingerprint density at radius 3 is 2.39 bits per heavy atom. The standard InChI is InChI=1S/C15H30N2O/c1-4-15(5-2,18-3)14(17-16)10-13-9-11-6-7-12(13)8-11/h11-14,17H,4-10,16H2,1-3H3. The molecule has 4 unspecified atom stereocenters. The zero-order valence-corrected chi connectivity index (χ0v) is 12.2. The van der Waals surface area contributed by atoms with E-state index in [9.17, 15) is 0 Å². The van der Waals surface area contributed by atoms with Crippen LogP contribution in [0.15, 0.2) is 0 Å². The summed E-state index contributed by atoms with van der Waals surface area (Å²) in [6, 6.07) is 0.293. The van der Waals surface area contributed by atoms with Crippen LogP contribution in [0.3, 0.4) is 0 Å². The molecule has 0 aromatic heterocycles. The van der Waals surface area contributed by atoms with E-state index < -0.39 is 0 Å². The van der Waals surface area contributed by atoms with E-state index in [1.165, 1.54) is 32.1 Å². The Hall–Kier alpha value is -0.120. The van der Waals surface area contributed by atoms with Gasteiger partial charge >= 0.3 is 0 Å². The van der Waals surface area contributed by atoms with E-state index in [0.717, 1.165) is 30.6 Å². The molecule has 3 N–H and O–H groups in total. The van der Waals surface area contributed by atoms with E-state index >= 15 is 0 Å². The summed E-state index contributed by atoms with van der Waals surface area (Å²) in [4.78, 5) is 0. The van der Waals surface area contributed by atoms with Gasteiger partial charge in [-0.15, -0.1) is 0 Å². The summed E-state index contributed by atoms with van der Waals surface area (Å²) < 4.78 is 5.84. The van der Waals surface area contributed by atoms with Crippen molar-refractivity contribution in [1.82, 2.24) is 5.43 Å². The van der Waals surface area contributed by atoms with Crippen LogP contribution in [0, 0.1) is 17.8 Å². The molecule has 2 bridgehead atoms. The largest absolute Gasteiger partial charge is 0.377 e. The number of hydrazine groups is 1. The first-order valence-corrected chi connectivity index (χ1v) is 7.70. The fourth-order valence-corrected chi connectivity index (χ4v) is 4.58. The van der Waals surface area contributed by atoms with Crippen molar-refractivity contribution in [3.63, 3.8) is 0 Å². The van der Waals surface area contributed by atoms with E-state index in [1.807, 2.05) is 7.11 Å². The SMILES string of the molecule is CCC(CC)(OC)C(CC1CC2CCC1C2)NN. The molecule has 0 aromatic carbocycles. The summed E-state index contributed by atoms with van der Waals surface area (Å²) in [5.41, 5.74) is 2.97. The molecule has 0 aromatic rings. The highest BCUT2D eigenvalue weighted by Crippen LogP contribution is 2.50. The van der Waals surface area contributed by atoms with Crippen molar-refractivity contribution < 1.29 is 4.74 Å². The van der Waals surface area contributed by atoms with Gasteiger partial charge in [-0.25, -0.2) is 0 Å². The number of nitrogens with one attached hydrogen (secondary N) is 1. The van der Waals surface area contributed by atoms with Gasteiger partial charge in [0.2, 0.25) is 0 Å². The lowest BCUT2D eigenvalue weighted by atomic mass is 9.78. The monoisotopic (exact) mass is 254 g/mol. The number of rotatable bonds is 7. The minimum absolute atomic E-state index is 0.0867. The number of ether oxygens (including phenoxy) is 1. The lowest BCUT2D eigenvalue weighted by Crippen LogP contribution is -2.55. The maximum atomic E-state index is 5.84. The minimum atomic E-state index is -0.0867. The van der Waals surface area contributed by atoms with Gasteiger partial charge in [0.05, 0.1) is 11.6 Å². The first-order chi connectivity index (χ1) is 8.69. The quantitative estimate of drug-likeness (QED) is 0.542. The average Bonchev–Trinajstić information content (AvgIpc) is 3.02. The Morgan fingerprint density at radius 1 is 1.28 bits per heavy atom. The van der Waals surface area contributed by atoms with Crippen LogP contribution in [0.4, 0.5) is 0 Å². The number of nitrogens with two attached hydrogens (primary N) is 1. The van der Waals surface area contributed by atoms with Crippen LogP contribution in [0.5, 0.6) is 0 Å². The highest BCUT2D eigenvalue weighted by molar-refractivity contribution is 4.97. The molecule has 0 radical (unpaired) electrons. The molecule has 0 amide bonds. The van der Waals surface area contributed by atoms with Gasteiger partial charge in [0, 0.05) is 7.11 Å². The van der Waals surface area contributed by atoms with Crippen molar-refractivity contribution in [3.8, 4) is 0 Å². The van der Waals surface area contributed by atoms with Crippen molar-refractivity contribution in [2.24, 2.45) is 23.6 Å². The van der Waals surface area contributed by atoms with E-state index in [4.69, 9.17) is 10.6 Å². The summed E-state index contributed by atoms with van der Waals surface area (Å²) in [6.45, 7) is 4.41. The zero-order valence-electron chi connectivity index (χ0n) is 12.2. The second-order valence-corrected chi connectivity index (χ2v) is 6.37. The summed E-state index contributed by atoms with van der Waals surface area (Å²) in [5.74, 6) is 8.68. The summed E-state index contributed by atoms with van der Waals surface area (Å²) in [5, 5.41) is 0. The third-order valence-electron chi connectivity index (χ3n) is 5.86. The van der Waals surface area contributed by atoms with Crippen LogP contribution in [0.25, 0.3) is 0 Å². The van der Waals surface area contributed by atoms with E-state index in [1.54, 1.807) is 0 Å². The molecule has 2 saturated carbocycles. The Kier molecular flexibility index (Phi) is 4.68. The second kappa shape index (κ2) is 5.89. The number of hydrogen-bond donors (Lipinski definition) is 2. The summed E-state index contributed by atoms with van der Waals surface area (Å²) in [7, 11) is 1.83. The zero-order chi connectivity index (χ0) is 13.2. The maximum Gasteiger partial charge on any atom is 0.0839 e. The first-order valence-electron chi connectivity index (χ1n) is 7.70. The average molecular weight is 254 g/mol. The van der Waals surface area contributed by atoms with Crippen LogP contribution in [-0.4, -0.2) is 18.8 Å². The first kappa shape index (κ1) is 14.3. The van der Waals surface area contributed by atoms with Crippen LogP contribution in [-0.2, 0) is 4.74 Å². The Morgan fingerprint density at radius 2 is 2.00 bits per heavy atom. The topological polar surface area (TPSA) is 47.3 Å². The second-order valence-electron chi connectivity index (χ2n) is 6.37. The molecule has 2 fully saturated rings. The van der Waals surface area contributed by atoms with Gasteiger partial charge in [-0.05, 0) is 56.3 Å². The van der Waals surface area contributed by atoms with Gasteiger partial charge in [-0.2, -0.15) is 0 Å². The van der Waals surface area contributed by atoms with Crippen LogP contribution in [0.2, 0.25) is 0 Å². The smallest absolute Gasteiger partial charge is 0.0839 e. The molecule has 2 aliphatic rings. The third kappa shape index (κ3) is 2.45. The van der Waals surface area contributed by atoms with Crippen molar-refractivity contribution in [1.29, 1.82) is 0 Å². The number of methoxy groups -OCH3 is 1. The Balaban J connectivity index is 2.00. The predicted octanol–water partition coefficient (Wildman–Crippen LogP) is 2.85. The molecular formula is C15H30N2O. The Bertz CT molecular complexity index is 257. The van der Waals surface area contributed by atoms with Gasteiger partial charge < -0.3 is 4.74 Å². The van der Waals surface area contributed by atoms with Crippen molar-refractivity contribution in [3.05, 3.63) is 0 Å². The van der Waals surface area contributed by atoms with Gasteiger partial charge in [-0.3, -0.25) is 11.3 Å². The van der Waals surface area contributed by atoms with Crippen LogP contribution in [0.1, 0.15) is 58.8 Å². The van der Waals surface area contributed by atoms with E-state index in [2.05, 4.69) is 19.3 Å². The maximum absolute atomic E-state index is 5.84. The van der Waals surface area contributed by atoms with Crippen LogP contribution < -0.4 is 11.3 Å². The fourth-order valence-electron chi connectivity index (χ4n) is 4.58. The highest BCUT2D eigenvalue weighted by atomic mass is 16.5. The fraction of sp³-hybridized carbons (Fsp3) is 1.00. The van der Waals surface area contributed by atoms with E-state index in [-0.39, 0.29) is 5.60 Å². The lowest BCUT2D eigenvalue weighted by Gasteiger charge is -2.40. The van der Waals surface area contributed by atoms with Crippen molar-refractivity contribution in [2.45, 2.75) is 70.4 Å². The molecule has 0 spiro atoms. The molecule has 3 heteroatoms. The molecular weight excluding hydrogens is 224 g/mol. The Labute approximate surface area is 112 Å². The summed E-state index contributed by atoms with van der Waals surface area (Å²) in [6.07, 6.45) is 9.05. The van der Waals surface area contributed by atoms with Crippen LogP contribution >= 0.6 is 0 Å². The normalized spacial score (nSPS) is 33.0. The lowest BCUT2D eigenvalue weighted by molar-refractivity contribution is -0.0548. The van der Waals surface area contributed by atoms with Crippen molar-refractivity contribution >= 4 is 0 Å². The molecule has 18 heavy (non-hydrogen) atoms. The highest BCUT2D eigenvalue weighted by Gasteiger charge is 2.43. The molecule has 0 aliphatic heterocycles. The molecule has 2 aliphatic carbocycles. The van der Waals surface area contributed by atoms with Crippen molar-refractivity contribution in [2.75, 3.05) is 7.11 Å². The molecule has 0 saturated heterocycles. The van der Waals surface area contributed by atoms with Gasteiger partial charge in [0.1, 0.15) is 0 Å².